The second-order valence-corrected chi connectivity index (χ2v) is 5.06. The lowest BCUT2D eigenvalue weighted by atomic mass is 9.95. The van der Waals surface area contributed by atoms with Crippen LogP contribution in [-0.4, -0.2) is 0 Å². The molecule has 0 aromatic heterocycles. The predicted molar refractivity (Wildman–Crippen MR) is 76.1 cm³/mol. The summed E-state index contributed by atoms with van der Waals surface area (Å²) in [5.74, 6) is 4.19. The molecule has 0 aliphatic carbocycles. The van der Waals surface area contributed by atoms with Crippen molar-refractivity contribution in [3.63, 3.8) is 0 Å². The van der Waals surface area contributed by atoms with Crippen LogP contribution in [0.5, 0.6) is 0 Å². The first-order valence-electron chi connectivity index (χ1n) is 6.54. The number of nitrogens with two attached hydrogens (primary N) is 1. The fourth-order valence-corrected chi connectivity index (χ4v) is 2.18. The summed E-state index contributed by atoms with van der Waals surface area (Å²) in [6.45, 7) is 4.19. The quantitative estimate of drug-likeness (QED) is 0.661. The molecule has 0 radical (unpaired) electrons. The maximum Gasteiger partial charge on any atom is 0.163 e. The third kappa shape index (κ3) is 2.86. The molecular formula is C16H18F2N2. The van der Waals surface area contributed by atoms with Crippen LogP contribution < -0.4 is 11.3 Å². The van der Waals surface area contributed by atoms with Crippen molar-refractivity contribution in [2.45, 2.75) is 25.8 Å². The van der Waals surface area contributed by atoms with Crippen molar-refractivity contribution in [1.82, 2.24) is 5.43 Å². The van der Waals surface area contributed by atoms with E-state index in [4.69, 9.17) is 5.84 Å². The van der Waals surface area contributed by atoms with Gasteiger partial charge in [0.2, 0.25) is 0 Å². The Kier molecular flexibility index (Phi) is 4.47. The summed E-state index contributed by atoms with van der Waals surface area (Å²) < 4.78 is 27.2. The first kappa shape index (κ1) is 14.6. The zero-order valence-corrected chi connectivity index (χ0v) is 11.5. The number of hydrazine groups is 1. The predicted octanol–water partition coefficient (Wildman–Crippen LogP) is 3.64. The summed E-state index contributed by atoms with van der Waals surface area (Å²) in [5, 5.41) is 0. The van der Waals surface area contributed by atoms with Crippen molar-refractivity contribution < 1.29 is 8.78 Å². The molecule has 4 heteroatoms. The van der Waals surface area contributed by atoms with Crippen molar-refractivity contribution in [2.24, 2.45) is 5.84 Å². The molecule has 0 bridgehead atoms. The highest BCUT2D eigenvalue weighted by Gasteiger charge is 2.18. The van der Waals surface area contributed by atoms with Gasteiger partial charge in [-0.3, -0.25) is 5.84 Å². The van der Waals surface area contributed by atoms with E-state index in [-0.39, 0.29) is 5.56 Å². The molecule has 1 atom stereocenters. The molecule has 2 nitrogen and oxygen atoms in total. The zero-order chi connectivity index (χ0) is 14.7. The Balaban J connectivity index is 2.39. The van der Waals surface area contributed by atoms with Crippen molar-refractivity contribution in [3.05, 3.63) is 70.8 Å². The molecule has 106 valence electrons. The average Bonchev–Trinajstić information content (AvgIpc) is 2.45. The minimum Gasteiger partial charge on any atom is -0.271 e. The molecule has 2 aromatic rings. The van der Waals surface area contributed by atoms with Crippen LogP contribution in [-0.2, 0) is 0 Å². The molecule has 0 fully saturated rings. The van der Waals surface area contributed by atoms with Crippen LogP contribution in [0.25, 0.3) is 0 Å². The lowest BCUT2D eigenvalue weighted by molar-refractivity contribution is 0.483. The molecule has 2 rings (SSSR count). The Labute approximate surface area is 117 Å². The lowest BCUT2D eigenvalue weighted by Crippen LogP contribution is -2.29. The molecule has 20 heavy (non-hydrogen) atoms. The molecule has 3 N–H and O–H groups in total. The second-order valence-electron chi connectivity index (χ2n) is 5.06. The van der Waals surface area contributed by atoms with Gasteiger partial charge in [-0.15, -0.1) is 0 Å². The number of rotatable bonds is 4. The summed E-state index contributed by atoms with van der Waals surface area (Å²) in [4.78, 5) is 0. The Morgan fingerprint density at radius 1 is 0.950 bits per heavy atom. The van der Waals surface area contributed by atoms with E-state index in [9.17, 15) is 8.78 Å². The molecule has 0 aliphatic heterocycles. The summed E-state index contributed by atoms with van der Waals surface area (Å²) in [6, 6.07) is 11.2. The fraction of sp³-hybridized carbons (Fsp3) is 0.250. The zero-order valence-electron chi connectivity index (χ0n) is 11.5. The van der Waals surface area contributed by atoms with Crippen LogP contribution in [0.4, 0.5) is 8.78 Å². The monoisotopic (exact) mass is 276 g/mol. The first-order valence-corrected chi connectivity index (χ1v) is 6.54. The Morgan fingerprint density at radius 3 is 2.10 bits per heavy atom. The molecule has 0 amide bonds. The Morgan fingerprint density at radius 2 is 1.55 bits per heavy atom. The number of hydrogen-bond donors (Lipinski definition) is 2. The Hall–Kier alpha value is -1.78. The van der Waals surface area contributed by atoms with Gasteiger partial charge in [0.1, 0.15) is 0 Å². The van der Waals surface area contributed by atoms with Crippen molar-refractivity contribution in [3.8, 4) is 0 Å². The van der Waals surface area contributed by atoms with Gasteiger partial charge in [-0.25, -0.2) is 14.2 Å². The summed E-state index contributed by atoms with van der Waals surface area (Å²) in [5.41, 5.74) is 4.72. The first-order chi connectivity index (χ1) is 9.54. The summed E-state index contributed by atoms with van der Waals surface area (Å²) >= 11 is 0. The van der Waals surface area contributed by atoms with Gasteiger partial charge in [-0.05, 0) is 23.1 Å². The highest BCUT2D eigenvalue weighted by molar-refractivity contribution is 5.35. The average molecular weight is 276 g/mol. The maximum absolute atomic E-state index is 13.9. The van der Waals surface area contributed by atoms with Crippen molar-refractivity contribution in [2.75, 3.05) is 0 Å². The van der Waals surface area contributed by atoms with Crippen LogP contribution in [0, 0.1) is 11.6 Å². The van der Waals surface area contributed by atoms with Crippen LogP contribution in [0.2, 0.25) is 0 Å². The summed E-state index contributed by atoms with van der Waals surface area (Å²) in [7, 11) is 0. The van der Waals surface area contributed by atoms with Gasteiger partial charge in [0.05, 0.1) is 6.04 Å². The minimum atomic E-state index is -0.874. The minimum absolute atomic E-state index is 0.199. The molecule has 0 saturated carbocycles. The van der Waals surface area contributed by atoms with E-state index >= 15 is 0 Å². The standard InChI is InChI=1S/C16H18F2N2/c1-10(2)11-6-8-12(9-7-11)16(20-19)13-4-3-5-14(17)15(13)18/h3-10,16,20H,19H2,1-2H3. The van der Waals surface area contributed by atoms with Gasteiger partial charge >= 0.3 is 0 Å². The number of halogens is 2. The van der Waals surface area contributed by atoms with Crippen LogP contribution in [0.15, 0.2) is 42.5 Å². The number of hydrogen-bond acceptors (Lipinski definition) is 2. The molecular weight excluding hydrogens is 258 g/mol. The van der Waals surface area contributed by atoms with Gasteiger partial charge < -0.3 is 0 Å². The summed E-state index contributed by atoms with van der Waals surface area (Å²) in [6.07, 6.45) is 0. The fourth-order valence-electron chi connectivity index (χ4n) is 2.18. The van der Waals surface area contributed by atoms with Gasteiger partial charge in [0.15, 0.2) is 11.6 Å². The SMILES string of the molecule is CC(C)c1ccc(C(NN)c2cccc(F)c2F)cc1. The van der Waals surface area contributed by atoms with E-state index in [1.807, 2.05) is 24.3 Å². The molecule has 2 aromatic carbocycles. The lowest BCUT2D eigenvalue weighted by Gasteiger charge is -2.18. The van der Waals surface area contributed by atoms with Crippen molar-refractivity contribution >= 4 is 0 Å². The Bertz CT molecular complexity index is 580. The van der Waals surface area contributed by atoms with Gasteiger partial charge in [-0.1, -0.05) is 50.2 Å². The molecule has 0 aliphatic rings. The molecule has 0 spiro atoms. The normalized spacial score (nSPS) is 12.7. The number of benzene rings is 2. The molecule has 0 saturated heterocycles. The van der Waals surface area contributed by atoms with E-state index in [0.29, 0.717) is 5.92 Å². The van der Waals surface area contributed by atoms with Gasteiger partial charge in [0.25, 0.3) is 0 Å². The smallest absolute Gasteiger partial charge is 0.163 e. The van der Waals surface area contributed by atoms with Gasteiger partial charge in [0, 0.05) is 5.56 Å². The van der Waals surface area contributed by atoms with Crippen LogP contribution in [0.3, 0.4) is 0 Å². The maximum atomic E-state index is 13.9. The van der Waals surface area contributed by atoms with Crippen LogP contribution >= 0.6 is 0 Å². The van der Waals surface area contributed by atoms with E-state index in [0.717, 1.165) is 11.6 Å². The van der Waals surface area contributed by atoms with E-state index in [1.54, 1.807) is 0 Å². The third-order valence-electron chi connectivity index (χ3n) is 3.40. The second kappa shape index (κ2) is 6.11. The topological polar surface area (TPSA) is 38.0 Å². The molecule has 0 heterocycles. The largest absolute Gasteiger partial charge is 0.271 e. The van der Waals surface area contributed by atoms with Crippen molar-refractivity contribution in [1.29, 1.82) is 0 Å². The van der Waals surface area contributed by atoms with E-state index in [2.05, 4.69) is 19.3 Å². The van der Waals surface area contributed by atoms with E-state index in [1.165, 1.54) is 17.7 Å². The third-order valence-corrected chi connectivity index (χ3v) is 3.40. The van der Waals surface area contributed by atoms with E-state index < -0.39 is 17.7 Å². The van der Waals surface area contributed by atoms with Gasteiger partial charge in [-0.2, -0.15) is 0 Å². The highest BCUT2D eigenvalue weighted by Crippen LogP contribution is 2.26. The molecule has 1 unspecified atom stereocenters. The number of nitrogens with one attached hydrogen (secondary N) is 1. The highest BCUT2D eigenvalue weighted by atomic mass is 19.2. The van der Waals surface area contributed by atoms with Crippen LogP contribution in [0.1, 0.15) is 42.5 Å².